The average molecular weight is 263 g/mol. The minimum absolute atomic E-state index is 0.110. The van der Waals surface area contributed by atoms with Gasteiger partial charge in [-0.1, -0.05) is 0 Å². The van der Waals surface area contributed by atoms with Gasteiger partial charge in [-0.3, -0.25) is 4.55 Å². The minimum atomic E-state index is -4.46. The van der Waals surface area contributed by atoms with Crippen LogP contribution in [-0.2, 0) is 20.0 Å². The lowest BCUT2D eigenvalue weighted by Gasteiger charge is -1.98. The Morgan fingerprint density at radius 3 is 1.94 bits per heavy atom. The average Bonchev–Trinajstić information content (AvgIpc) is 2.15. The molecule has 3 N–H and O–H groups in total. The predicted molar refractivity (Wildman–Crippen MR) is 58.7 cm³/mol. The summed E-state index contributed by atoms with van der Waals surface area (Å²) < 4.78 is 52.0. The van der Waals surface area contributed by atoms with Crippen LogP contribution < -0.4 is 5.73 Å². The Bertz CT molecular complexity index is 598. The number of sulfone groups is 1. The first kappa shape index (κ1) is 12.7. The summed E-state index contributed by atoms with van der Waals surface area (Å²) in [5, 5.41) is 0.618. The zero-order valence-electron chi connectivity index (χ0n) is 7.94. The van der Waals surface area contributed by atoms with Crippen molar-refractivity contribution in [2.75, 3.05) is 5.73 Å². The molecule has 0 heterocycles. The third-order valence-corrected chi connectivity index (χ3v) is 3.69. The van der Waals surface area contributed by atoms with Gasteiger partial charge in [0, 0.05) is 11.1 Å². The standard InChI is InChI=1S/C8H9NO5S2/c9-7-1-3-8(4-2-7)15(10,11)5-6-16(12,13)14/h1-6H,9H2,(H,12,13,14). The van der Waals surface area contributed by atoms with E-state index >= 15 is 0 Å². The highest BCUT2D eigenvalue weighted by Gasteiger charge is 2.11. The summed E-state index contributed by atoms with van der Waals surface area (Å²) in [6.45, 7) is 0. The van der Waals surface area contributed by atoms with Gasteiger partial charge in [0.05, 0.1) is 10.3 Å². The van der Waals surface area contributed by atoms with Gasteiger partial charge in [-0.05, 0) is 24.3 Å². The van der Waals surface area contributed by atoms with E-state index in [1.165, 1.54) is 24.3 Å². The number of hydrogen-bond donors (Lipinski definition) is 2. The molecule has 0 saturated heterocycles. The van der Waals surface area contributed by atoms with Gasteiger partial charge in [0.1, 0.15) is 0 Å². The minimum Gasteiger partial charge on any atom is -0.399 e. The Labute approximate surface area is 93.1 Å². The summed E-state index contributed by atoms with van der Waals surface area (Å²) >= 11 is 0. The van der Waals surface area contributed by atoms with Crippen molar-refractivity contribution in [3.8, 4) is 0 Å². The molecule has 8 heteroatoms. The van der Waals surface area contributed by atoms with Crippen molar-refractivity contribution in [3.05, 3.63) is 35.1 Å². The van der Waals surface area contributed by atoms with E-state index < -0.39 is 20.0 Å². The van der Waals surface area contributed by atoms with Crippen LogP contribution in [0, 0.1) is 0 Å². The van der Waals surface area contributed by atoms with Crippen molar-refractivity contribution in [2.45, 2.75) is 4.90 Å². The maximum absolute atomic E-state index is 11.5. The van der Waals surface area contributed by atoms with Crippen LogP contribution in [0.3, 0.4) is 0 Å². The quantitative estimate of drug-likeness (QED) is 0.602. The van der Waals surface area contributed by atoms with Crippen molar-refractivity contribution in [1.29, 1.82) is 0 Å². The molecule has 0 aliphatic rings. The van der Waals surface area contributed by atoms with Gasteiger partial charge in [0.25, 0.3) is 10.1 Å². The molecule has 0 fully saturated rings. The largest absolute Gasteiger partial charge is 0.399 e. The number of hydrogen-bond acceptors (Lipinski definition) is 5. The number of nitrogen functional groups attached to an aromatic ring is 1. The molecule has 1 rings (SSSR count). The zero-order chi connectivity index (χ0) is 12.4. The molecule has 0 aliphatic heterocycles. The molecular weight excluding hydrogens is 254 g/mol. The van der Waals surface area contributed by atoms with E-state index in [9.17, 15) is 16.8 Å². The van der Waals surface area contributed by atoms with E-state index in [4.69, 9.17) is 10.3 Å². The van der Waals surface area contributed by atoms with E-state index in [2.05, 4.69) is 0 Å². The summed E-state index contributed by atoms with van der Waals surface area (Å²) in [6.07, 6.45) is 0. The van der Waals surface area contributed by atoms with Gasteiger partial charge in [-0.25, -0.2) is 8.42 Å². The van der Waals surface area contributed by atoms with Crippen molar-refractivity contribution in [3.63, 3.8) is 0 Å². The Morgan fingerprint density at radius 2 is 1.50 bits per heavy atom. The summed E-state index contributed by atoms with van der Waals surface area (Å²) in [4.78, 5) is -0.110. The lowest BCUT2D eigenvalue weighted by Crippen LogP contribution is -1.99. The first-order chi connectivity index (χ1) is 7.21. The van der Waals surface area contributed by atoms with Crippen LogP contribution in [-0.4, -0.2) is 21.4 Å². The number of benzene rings is 1. The van der Waals surface area contributed by atoms with E-state index in [0.29, 0.717) is 11.1 Å². The molecule has 0 saturated carbocycles. The molecule has 0 amide bonds. The van der Waals surface area contributed by atoms with Crippen molar-refractivity contribution in [1.82, 2.24) is 0 Å². The van der Waals surface area contributed by atoms with E-state index in [-0.39, 0.29) is 10.3 Å². The van der Waals surface area contributed by atoms with Crippen molar-refractivity contribution >= 4 is 25.6 Å². The van der Waals surface area contributed by atoms with Crippen molar-refractivity contribution < 1.29 is 21.4 Å². The number of anilines is 1. The van der Waals surface area contributed by atoms with E-state index in [1.807, 2.05) is 0 Å². The molecule has 0 radical (unpaired) electrons. The molecule has 0 atom stereocenters. The van der Waals surface area contributed by atoms with Crippen LogP contribution in [0.4, 0.5) is 5.69 Å². The van der Waals surface area contributed by atoms with Gasteiger partial charge in [-0.15, -0.1) is 0 Å². The summed E-state index contributed by atoms with van der Waals surface area (Å²) in [5.74, 6) is 0. The molecule has 1 aromatic carbocycles. The van der Waals surface area contributed by atoms with Gasteiger partial charge < -0.3 is 5.73 Å². The molecule has 0 spiro atoms. The van der Waals surface area contributed by atoms with Gasteiger partial charge in [0.15, 0.2) is 0 Å². The zero-order valence-corrected chi connectivity index (χ0v) is 9.57. The molecular formula is C8H9NO5S2. The molecule has 0 unspecified atom stereocenters. The Balaban J connectivity index is 3.14. The molecule has 16 heavy (non-hydrogen) atoms. The number of nitrogens with two attached hydrogens (primary N) is 1. The highest BCUT2D eigenvalue weighted by atomic mass is 32.2. The predicted octanol–water partition coefficient (Wildman–Crippen LogP) is 0.401. The molecule has 88 valence electrons. The molecule has 6 nitrogen and oxygen atoms in total. The molecule has 0 aromatic heterocycles. The summed E-state index contributed by atoms with van der Waals surface area (Å²) in [6, 6.07) is 5.21. The van der Waals surface area contributed by atoms with Crippen LogP contribution in [0.5, 0.6) is 0 Å². The van der Waals surface area contributed by atoms with E-state index in [0.717, 1.165) is 0 Å². The van der Waals surface area contributed by atoms with Crippen molar-refractivity contribution in [2.24, 2.45) is 0 Å². The van der Waals surface area contributed by atoms with Crippen LogP contribution in [0.2, 0.25) is 0 Å². The van der Waals surface area contributed by atoms with Crippen LogP contribution >= 0.6 is 0 Å². The maximum Gasteiger partial charge on any atom is 0.288 e. The van der Waals surface area contributed by atoms with Crippen LogP contribution in [0.1, 0.15) is 0 Å². The number of rotatable bonds is 3. The van der Waals surface area contributed by atoms with Crippen LogP contribution in [0.15, 0.2) is 40.0 Å². The monoisotopic (exact) mass is 263 g/mol. The second-order valence-electron chi connectivity index (χ2n) is 2.90. The lowest BCUT2D eigenvalue weighted by molar-refractivity contribution is 0.494. The fourth-order valence-corrected chi connectivity index (χ4v) is 2.70. The molecule has 0 aliphatic carbocycles. The van der Waals surface area contributed by atoms with E-state index in [1.54, 1.807) is 0 Å². The first-order valence-corrected chi connectivity index (χ1v) is 7.02. The SMILES string of the molecule is Nc1ccc(S(=O)(=O)C=CS(=O)(=O)O)cc1. The normalized spacial score (nSPS) is 13.1. The summed E-state index contributed by atoms with van der Waals surface area (Å²) in [7, 11) is -8.34. The Morgan fingerprint density at radius 1 is 1.00 bits per heavy atom. The molecule has 0 bridgehead atoms. The molecule has 1 aromatic rings. The highest BCUT2D eigenvalue weighted by Crippen LogP contribution is 2.14. The Hall–Kier alpha value is -1.38. The third-order valence-electron chi connectivity index (χ3n) is 1.62. The van der Waals surface area contributed by atoms with Gasteiger partial charge >= 0.3 is 0 Å². The topological polar surface area (TPSA) is 115 Å². The third kappa shape index (κ3) is 3.65. The second-order valence-corrected chi connectivity index (χ2v) is 6.04. The highest BCUT2D eigenvalue weighted by molar-refractivity contribution is 7.96. The first-order valence-electron chi connectivity index (χ1n) is 3.97. The fraction of sp³-hybridized carbons (Fsp3) is 0. The van der Waals surface area contributed by atoms with Gasteiger partial charge in [-0.2, -0.15) is 8.42 Å². The smallest absolute Gasteiger partial charge is 0.288 e. The maximum atomic E-state index is 11.5. The second kappa shape index (κ2) is 4.24. The fourth-order valence-electron chi connectivity index (χ4n) is 0.879. The van der Waals surface area contributed by atoms with Gasteiger partial charge in [0.2, 0.25) is 9.84 Å². The lowest BCUT2D eigenvalue weighted by atomic mass is 10.3. The Kier molecular flexibility index (Phi) is 3.36. The van der Waals surface area contributed by atoms with Crippen LogP contribution in [0.25, 0.3) is 0 Å². The summed E-state index contributed by atoms with van der Waals surface area (Å²) in [5.41, 5.74) is 5.75.